The molecule has 1 aliphatic rings. The predicted molar refractivity (Wildman–Crippen MR) is 100 cm³/mol. The van der Waals surface area contributed by atoms with Crippen molar-refractivity contribution in [2.45, 2.75) is 25.3 Å². The summed E-state index contributed by atoms with van der Waals surface area (Å²) in [7, 11) is 0. The van der Waals surface area contributed by atoms with Gasteiger partial charge in [-0.05, 0) is 49.2 Å². The Morgan fingerprint density at radius 3 is 2.60 bits per heavy atom. The maximum absolute atomic E-state index is 5.69. The summed E-state index contributed by atoms with van der Waals surface area (Å²) in [5.74, 6) is 1.42. The van der Waals surface area contributed by atoms with Gasteiger partial charge in [-0.1, -0.05) is 63.6 Å². The van der Waals surface area contributed by atoms with Crippen LogP contribution in [0, 0.1) is 0 Å². The minimum absolute atomic E-state index is 0.0250. The van der Waals surface area contributed by atoms with Crippen molar-refractivity contribution in [3.8, 4) is 0 Å². The average molecular weight is 398 g/mol. The van der Waals surface area contributed by atoms with E-state index in [-0.39, 0.29) is 6.04 Å². The monoisotopic (exact) mass is 397 g/mol. The standard InChI is InChI=1S/C20H20BrN3O/c21-17-10-6-9-16(14-17)19(24-11-4-5-12-24)20-22-18(23-25-20)13-15-7-2-1-3-8-15/h1-3,6-10,14,19H,4-5,11-13H2. The summed E-state index contributed by atoms with van der Waals surface area (Å²) in [4.78, 5) is 7.15. The third-order valence-electron chi connectivity index (χ3n) is 4.59. The maximum atomic E-state index is 5.69. The average Bonchev–Trinajstić information content (AvgIpc) is 3.29. The highest BCUT2D eigenvalue weighted by atomic mass is 79.9. The zero-order valence-electron chi connectivity index (χ0n) is 13.9. The number of nitrogens with zero attached hydrogens (tertiary/aromatic N) is 3. The Bertz CT molecular complexity index is 828. The molecule has 0 radical (unpaired) electrons. The van der Waals surface area contributed by atoms with Gasteiger partial charge in [-0.2, -0.15) is 4.98 Å². The van der Waals surface area contributed by atoms with Gasteiger partial charge in [0.15, 0.2) is 5.82 Å². The lowest BCUT2D eigenvalue weighted by Crippen LogP contribution is -2.26. The molecule has 0 N–H and O–H groups in total. The second-order valence-electron chi connectivity index (χ2n) is 6.41. The Balaban J connectivity index is 1.63. The van der Waals surface area contributed by atoms with Gasteiger partial charge in [0, 0.05) is 10.9 Å². The number of rotatable bonds is 5. The van der Waals surface area contributed by atoms with Crippen LogP contribution in [0.3, 0.4) is 0 Å². The van der Waals surface area contributed by atoms with Gasteiger partial charge in [0.05, 0.1) is 0 Å². The summed E-state index contributed by atoms with van der Waals surface area (Å²) in [6.07, 6.45) is 3.13. The van der Waals surface area contributed by atoms with Crippen molar-refractivity contribution in [3.63, 3.8) is 0 Å². The van der Waals surface area contributed by atoms with E-state index in [1.807, 2.05) is 24.3 Å². The van der Waals surface area contributed by atoms with Gasteiger partial charge in [-0.3, -0.25) is 4.90 Å². The Labute approximate surface area is 156 Å². The minimum Gasteiger partial charge on any atom is -0.337 e. The quantitative estimate of drug-likeness (QED) is 0.630. The second-order valence-corrected chi connectivity index (χ2v) is 7.33. The molecule has 1 aliphatic heterocycles. The van der Waals surface area contributed by atoms with Crippen LogP contribution < -0.4 is 0 Å². The summed E-state index contributed by atoms with van der Waals surface area (Å²) in [6.45, 7) is 2.13. The van der Waals surface area contributed by atoms with E-state index in [1.165, 1.54) is 24.0 Å². The molecule has 0 bridgehead atoms. The van der Waals surface area contributed by atoms with Crippen LogP contribution in [0.1, 0.15) is 41.7 Å². The van der Waals surface area contributed by atoms with E-state index in [0.29, 0.717) is 12.3 Å². The van der Waals surface area contributed by atoms with Crippen molar-refractivity contribution in [3.05, 3.63) is 81.9 Å². The number of hydrogen-bond acceptors (Lipinski definition) is 4. The highest BCUT2D eigenvalue weighted by Gasteiger charge is 2.30. The van der Waals surface area contributed by atoms with Gasteiger partial charge in [-0.15, -0.1) is 0 Å². The van der Waals surface area contributed by atoms with Crippen LogP contribution in [0.15, 0.2) is 63.6 Å². The van der Waals surface area contributed by atoms with Crippen molar-refractivity contribution < 1.29 is 4.52 Å². The molecule has 5 heteroatoms. The SMILES string of the molecule is Brc1cccc(C(c2nc(Cc3ccccc3)no2)N2CCCC2)c1. The van der Waals surface area contributed by atoms with Gasteiger partial charge in [0.2, 0.25) is 5.89 Å². The third-order valence-corrected chi connectivity index (χ3v) is 5.09. The molecule has 3 aromatic rings. The second kappa shape index (κ2) is 7.50. The molecule has 1 saturated heterocycles. The summed E-state index contributed by atoms with van der Waals surface area (Å²) < 4.78 is 6.76. The van der Waals surface area contributed by atoms with Gasteiger partial charge in [-0.25, -0.2) is 0 Å². The molecule has 2 heterocycles. The Morgan fingerprint density at radius 2 is 1.84 bits per heavy atom. The topological polar surface area (TPSA) is 42.2 Å². The summed E-state index contributed by atoms with van der Waals surface area (Å²) in [5, 5.41) is 4.23. The predicted octanol–water partition coefficient (Wildman–Crippen LogP) is 4.61. The Kier molecular flexibility index (Phi) is 4.95. The van der Waals surface area contributed by atoms with E-state index in [0.717, 1.165) is 23.4 Å². The summed E-state index contributed by atoms with van der Waals surface area (Å²) in [5.41, 5.74) is 2.38. The molecule has 0 saturated carbocycles. The Morgan fingerprint density at radius 1 is 1.04 bits per heavy atom. The largest absolute Gasteiger partial charge is 0.337 e. The molecule has 1 fully saturated rings. The summed E-state index contributed by atoms with van der Waals surface area (Å²) in [6, 6.07) is 18.7. The molecule has 0 aliphatic carbocycles. The van der Waals surface area contributed by atoms with E-state index in [9.17, 15) is 0 Å². The molecule has 25 heavy (non-hydrogen) atoms. The third kappa shape index (κ3) is 3.83. The van der Waals surface area contributed by atoms with E-state index in [2.05, 4.69) is 56.3 Å². The van der Waals surface area contributed by atoms with Crippen molar-refractivity contribution in [2.24, 2.45) is 0 Å². The molecule has 0 spiro atoms. The molecule has 128 valence electrons. The molecule has 4 rings (SSSR count). The molecule has 4 nitrogen and oxygen atoms in total. The highest BCUT2D eigenvalue weighted by Crippen LogP contribution is 2.32. The molecule has 1 atom stereocenters. The van der Waals surface area contributed by atoms with E-state index in [1.54, 1.807) is 0 Å². The molecule has 1 unspecified atom stereocenters. The molecular formula is C20H20BrN3O. The molecule has 2 aromatic carbocycles. The van der Waals surface area contributed by atoms with Crippen LogP contribution in [-0.4, -0.2) is 28.1 Å². The van der Waals surface area contributed by atoms with E-state index in [4.69, 9.17) is 9.51 Å². The molecule has 1 aromatic heterocycles. The van der Waals surface area contributed by atoms with E-state index < -0.39 is 0 Å². The first kappa shape index (κ1) is 16.5. The van der Waals surface area contributed by atoms with Gasteiger partial charge in [0.1, 0.15) is 6.04 Å². The lowest BCUT2D eigenvalue weighted by atomic mass is 10.1. The van der Waals surface area contributed by atoms with Crippen LogP contribution in [0.4, 0.5) is 0 Å². The van der Waals surface area contributed by atoms with Crippen LogP contribution in [0.2, 0.25) is 0 Å². The van der Waals surface area contributed by atoms with Crippen molar-refractivity contribution >= 4 is 15.9 Å². The first-order valence-corrected chi connectivity index (χ1v) is 9.45. The van der Waals surface area contributed by atoms with Crippen molar-refractivity contribution in [1.82, 2.24) is 15.0 Å². The number of hydrogen-bond donors (Lipinski definition) is 0. The van der Waals surface area contributed by atoms with Gasteiger partial charge < -0.3 is 4.52 Å². The minimum atomic E-state index is 0.0250. The maximum Gasteiger partial charge on any atom is 0.248 e. The molecular weight excluding hydrogens is 378 g/mol. The van der Waals surface area contributed by atoms with Gasteiger partial charge >= 0.3 is 0 Å². The highest BCUT2D eigenvalue weighted by molar-refractivity contribution is 9.10. The lowest BCUT2D eigenvalue weighted by molar-refractivity contribution is 0.225. The smallest absolute Gasteiger partial charge is 0.248 e. The van der Waals surface area contributed by atoms with Crippen LogP contribution in [-0.2, 0) is 6.42 Å². The fraction of sp³-hybridized carbons (Fsp3) is 0.300. The van der Waals surface area contributed by atoms with Crippen molar-refractivity contribution in [2.75, 3.05) is 13.1 Å². The lowest BCUT2D eigenvalue weighted by Gasteiger charge is -2.24. The van der Waals surface area contributed by atoms with Gasteiger partial charge in [0.25, 0.3) is 0 Å². The first-order chi connectivity index (χ1) is 12.3. The van der Waals surface area contributed by atoms with Crippen LogP contribution in [0.25, 0.3) is 0 Å². The Hall–Kier alpha value is -1.98. The normalized spacial score (nSPS) is 16.2. The van der Waals surface area contributed by atoms with E-state index >= 15 is 0 Å². The number of benzene rings is 2. The number of halogens is 1. The molecule has 0 amide bonds. The van der Waals surface area contributed by atoms with Crippen molar-refractivity contribution in [1.29, 1.82) is 0 Å². The number of aromatic nitrogens is 2. The number of likely N-dealkylation sites (tertiary alicyclic amines) is 1. The van der Waals surface area contributed by atoms with Crippen LogP contribution in [0.5, 0.6) is 0 Å². The first-order valence-electron chi connectivity index (χ1n) is 8.65. The zero-order valence-corrected chi connectivity index (χ0v) is 15.5. The fourth-order valence-corrected chi connectivity index (χ4v) is 3.83. The summed E-state index contributed by atoms with van der Waals surface area (Å²) >= 11 is 3.58. The fourth-order valence-electron chi connectivity index (χ4n) is 3.41. The zero-order chi connectivity index (χ0) is 17.1. The van der Waals surface area contributed by atoms with Crippen LogP contribution >= 0.6 is 15.9 Å².